The largest absolute Gasteiger partial charge is 0.465 e. The molecule has 202 valence electrons. The molecule has 38 heavy (non-hydrogen) atoms. The van der Waals surface area contributed by atoms with E-state index in [1.807, 2.05) is 18.2 Å². The first-order valence-corrected chi connectivity index (χ1v) is 14.6. The zero-order valence-electron chi connectivity index (χ0n) is 21.3. The van der Waals surface area contributed by atoms with Gasteiger partial charge in [-0.2, -0.15) is 4.72 Å². The molecule has 2 amide bonds. The van der Waals surface area contributed by atoms with Gasteiger partial charge in [0, 0.05) is 48.3 Å². The number of hydrogen-bond acceptors (Lipinski definition) is 4. The lowest BCUT2D eigenvalue weighted by atomic mass is 9.87. The van der Waals surface area contributed by atoms with Crippen LogP contribution in [0.15, 0.2) is 47.5 Å². The number of aromatic nitrogens is 1. The molecule has 1 unspecified atom stereocenters. The second-order valence-corrected chi connectivity index (χ2v) is 12.6. The third kappa shape index (κ3) is 5.12. The second-order valence-electron chi connectivity index (χ2n) is 10.5. The highest BCUT2D eigenvalue weighted by atomic mass is 35.5. The van der Waals surface area contributed by atoms with Gasteiger partial charge in [0.1, 0.15) is 6.04 Å². The number of aromatic amines is 1. The summed E-state index contributed by atoms with van der Waals surface area (Å²) in [5.41, 5.74) is 3.45. The van der Waals surface area contributed by atoms with Crippen LogP contribution in [0, 0.1) is 5.92 Å². The van der Waals surface area contributed by atoms with Crippen LogP contribution in [0.2, 0.25) is 5.02 Å². The molecule has 0 aliphatic carbocycles. The quantitative estimate of drug-likeness (QED) is 0.409. The Bertz CT molecular complexity index is 1500. The number of sulfonamides is 1. The highest BCUT2D eigenvalue weighted by Crippen LogP contribution is 2.34. The van der Waals surface area contributed by atoms with Crippen LogP contribution in [0.5, 0.6) is 0 Å². The Morgan fingerprint density at radius 2 is 2.00 bits per heavy atom. The van der Waals surface area contributed by atoms with E-state index < -0.39 is 22.2 Å². The van der Waals surface area contributed by atoms with Crippen molar-refractivity contribution in [3.63, 3.8) is 0 Å². The minimum atomic E-state index is -3.94. The van der Waals surface area contributed by atoms with E-state index >= 15 is 0 Å². The van der Waals surface area contributed by atoms with Gasteiger partial charge in [-0.15, -0.1) is 0 Å². The number of carboxylic acid groups (broad SMARTS) is 1. The maximum Gasteiger partial charge on any atom is 0.407 e. The van der Waals surface area contributed by atoms with Crippen molar-refractivity contribution in [1.29, 1.82) is 0 Å². The van der Waals surface area contributed by atoms with Crippen molar-refractivity contribution in [1.82, 2.24) is 14.6 Å². The number of amides is 2. The molecule has 9 nitrogen and oxygen atoms in total. The summed E-state index contributed by atoms with van der Waals surface area (Å²) in [6.45, 7) is 5.48. The number of benzene rings is 2. The summed E-state index contributed by atoms with van der Waals surface area (Å²) < 4.78 is 28.7. The van der Waals surface area contributed by atoms with E-state index in [9.17, 15) is 23.1 Å². The normalized spacial score (nSPS) is 20.3. The number of carbonyl (C=O) groups excluding carboxylic acids is 1. The predicted octanol–water partition coefficient (Wildman–Crippen LogP) is 4.57. The van der Waals surface area contributed by atoms with E-state index in [2.05, 4.69) is 23.6 Å². The molecule has 1 aromatic heterocycles. The van der Waals surface area contributed by atoms with Crippen molar-refractivity contribution >= 4 is 50.2 Å². The minimum Gasteiger partial charge on any atom is -0.465 e. The Labute approximate surface area is 226 Å². The molecule has 0 radical (unpaired) electrons. The third-order valence-corrected chi connectivity index (χ3v) is 9.19. The molecule has 5 rings (SSSR count). The zero-order valence-corrected chi connectivity index (χ0v) is 22.8. The summed E-state index contributed by atoms with van der Waals surface area (Å²) in [5.74, 6) is 0.181. The molecule has 2 aliphatic heterocycles. The predicted molar refractivity (Wildman–Crippen MR) is 146 cm³/mol. The van der Waals surface area contributed by atoms with Crippen LogP contribution >= 0.6 is 11.6 Å². The van der Waals surface area contributed by atoms with Crippen molar-refractivity contribution in [2.75, 3.05) is 24.5 Å². The van der Waals surface area contributed by atoms with Crippen LogP contribution in [0.25, 0.3) is 10.9 Å². The van der Waals surface area contributed by atoms with Crippen molar-refractivity contribution in [3.8, 4) is 0 Å². The van der Waals surface area contributed by atoms with Gasteiger partial charge in [0.05, 0.1) is 9.92 Å². The van der Waals surface area contributed by atoms with Gasteiger partial charge < -0.3 is 19.9 Å². The molecule has 3 heterocycles. The molecule has 2 aliphatic rings. The molecule has 0 bridgehead atoms. The SMILES string of the molecule is CC(C)CC1CN(C(=O)O)CCc2cc(N3CC[C@H](NS(=O)(=O)c4ccc5c(Cl)c[nH]c5c4)C3=O)ccc21. The first-order valence-electron chi connectivity index (χ1n) is 12.7. The fraction of sp³-hybridized carbons (Fsp3) is 0.407. The summed E-state index contributed by atoms with van der Waals surface area (Å²) in [7, 11) is -3.94. The Morgan fingerprint density at radius 1 is 1.21 bits per heavy atom. The lowest BCUT2D eigenvalue weighted by Crippen LogP contribution is -2.41. The third-order valence-electron chi connectivity index (χ3n) is 7.41. The van der Waals surface area contributed by atoms with Crippen LogP contribution in [0.4, 0.5) is 10.5 Å². The van der Waals surface area contributed by atoms with Crippen molar-refractivity contribution in [3.05, 3.63) is 58.7 Å². The van der Waals surface area contributed by atoms with E-state index in [0.717, 1.165) is 22.9 Å². The van der Waals surface area contributed by atoms with Crippen molar-refractivity contribution in [2.45, 2.75) is 50.0 Å². The highest BCUT2D eigenvalue weighted by Gasteiger charge is 2.36. The molecule has 11 heteroatoms. The number of carbonyl (C=O) groups is 2. The number of fused-ring (bicyclic) bond motifs is 2. The van der Waals surface area contributed by atoms with Crippen LogP contribution < -0.4 is 9.62 Å². The van der Waals surface area contributed by atoms with E-state index in [4.69, 9.17) is 11.6 Å². The lowest BCUT2D eigenvalue weighted by molar-refractivity contribution is -0.118. The molecular weight excluding hydrogens is 528 g/mol. The van der Waals surface area contributed by atoms with Crippen LogP contribution in [0.3, 0.4) is 0 Å². The summed E-state index contributed by atoms with van der Waals surface area (Å²) >= 11 is 6.10. The minimum absolute atomic E-state index is 0.0546. The van der Waals surface area contributed by atoms with Gasteiger partial charge >= 0.3 is 6.09 Å². The number of anilines is 1. The average Bonchev–Trinajstić information content (AvgIpc) is 3.35. The summed E-state index contributed by atoms with van der Waals surface area (Å²) in [6, 6.07) is 9.59. The molecule has 1 fully saturated rings. The molecule has 0 saturated carbocycles. The topological polar surface area (TPSA) is 123 Å². The standard InChI is InChI=1S/C27H31ClN4O5S/c1-16(2)11-18-15-31(27(34)35)9-7-17-12-19(3-5-21(17)18)32-10-8-24(26(32)33)30-38(36,37)20-4-6-22-23(28)14-29-25(22)13-20/h3-6,12-14,16,18,24,29-30H,7-11,15H2,1-2H3,(H,34,35)/t18?,24-/m0/s1. The first-order chi connectivity index (χ1) is 18.0. The number of halogens is 1. The van der Waals surface area contributed by atoms with Gasteiger partial charge in [-0.05, 0) is 66.6 Å². The fourth-order valence-electron chi connectivity index (χ4n) is 5.57. The Balaban J connectivity index is 1.35. The number of hydrogen-bond donors (Lipinski definition) is 3. The molecule has 0 spiro atoms. The van der Waals surface area contributed by atoms with Gasteiger partial charge in [0.15, 0.2) is 0 Å². The average molecular weight is 559 g/mol. The molecule has 1 saturated heterocycles. The fourth-order valence-corrected chi connectivity index (χ4v) is 7.04. The maximum absolute atomic E-state index is 13.3. The smallest absolute Gasteiger partial charge is 0.407 e. The van der Waals surface area contributed by atoms with Gasteiger partial charge in [-0.25, -0.2) is 13.2 Å². The van der Waals surface area contributed by atoms with E-state index in [1.54, 1.807) is 17.2 Å². The van der Waals surface area contributed by atoms with Gasteiger partial charge in [0.2, 0.25) is 15.9 Å². The highest BCUT2D eigenvalue weighted by molar-refractivity contribution is 7.89. The summed E-state index contributed by atoms with van der Waals surface area (Å²) in [6.07, 6.45) is 2.44. The van der Waals surface area contributed by atoms with Gasteiger partial charge in [0.25, 0.3) is 0 Å². The molecular formula is C27H31ClN4O5S. The molecule has 3 aromatic rings. The maximum atomic E-state index is 13.3. The van der Waals surface area contributed by atoms with Crippen LogP contribution in [-0.2, 0) is 21.2 Å². The Kier molecular flexibility index (Phi) is 7.15. The molecule has 3 N–H and O–H groups in total. The number of rotatable bonds is 6. The van der Waals surface area contributed by atoms with E-state index in [0.29, 0.717) is 54.6 Å². The van der Waals surface area contributed by atoms with Crippen LogP contribution in [0.1, 0.15) is 43.7 Å². The second kappa shape index (κ2) is 10.2. The number of nitrogens with zero attached hydrogens (tertiary/aromatic N) is 2. The number of H-pyrrole nitrogens is 1. The summed E-state index contributed by atoms with van der Waals surface area (Å²) in [4.78, 5) is 31.1. The van der Waals surface area contributed by atoms with Crippen molar-refractivity contribution < 1.29 is 23.1 Å². The zero-order chi connectivity index (χ0) is 27.2. The lowest BCUT2D eigenvalue weighted by Gasteiger charge is -2.25. The molecule has 2 atom stereocenters. The van der Waals surface area contributed by atoms with Crippen LogP contribution in [-0.4, -0.2) is 61.1 Å². The Hall–Kier alpha value is -3.08. The Morgan fingerprint density at radius 3 is 2.74 bits per heavy atom. The van der Waals surface area contributed by atoms with Gasteiger partial charge in [-0.3, -0.25) is 4.79 Å². The number of nitrogens with one attached hydrogen (secondary N) is 2. The first kappa shape index (κ1) is 26.5. The molecule has 2 aromatic carbocycles. The monoisotopic (exact) mass is 558 g/mol. The van der Waals surface area contributed by atoms with E-state index in [1.165, 1.54) is 17.0 Å². The summed E-state index contributed by atoms with van der Waals surface area (Å²) in [5, 5.41) is 10.8. The van der Waals surface area contributed by atoms with Crippen molar-refractivity contribution in [2.24, 2.45) is 5.92 Å². The van der Waals surface area contributed by atoms with E-state index in [-0.39, 0.29) is 16.7 Å². The van der Waals surface area contributed by atoms with Gasteiger partial charge in [-0.1, -0.05) is 31.5 Å².